The largest absolute Gasteiger partial charge is 0.391 e. The second-order valence-corrected chi connectivity index (χ2v) is 3.88. The zero-order valence-corrected chi connectivity index (χ0v) is 8.63. The molecule has 0 aliphatic rings. The Labute approximate surface area is 90.0 Å². The summed E-state index contributed by atoms with van der Waals surface area (Å²) >= 11 is 1.29. The number of hydrogen-bond donors (Lipinski definition) is 3. The molecule has 2 atom stereocenters. The Morgan fingerprint density at radius 1 is 1.53 bits per heavy atom. The summed E-state index contributed by atoms with van der Waals surface area (Å²) in [5.41, 5.74) is 8.53. The average molecular weight is 229 g/mol. The number of rotatable bonds is 5. The summed E-state index contributed by atoms with van der Waals surface area (Å²) in [6.45, 7) is -0.378. The Morgan fingerprint density at radius 2 is 2.27 bits per heavy atom. The van der Waals surface area contributed by atoms with Gasteiger partial charge < -0.3 is 15.3 Å². The van der Waals surface area contributed by atoms with Crippen LogP contribution in [0.5, 0.6) is 0 Å². The third-order valence-electron chi connectivity index (χ3n) is 1.94. The van der Waals surface area contributed by atoms with Crippen molar-refractivity contribution in [2.24, 2.45) is 5.11 Å². The van der Waals surface area contributed by atoms with Crippen LogP contribution in [0.15, 0.2) is 16.6 Å². The van der Waals surface area contributed by atoms with E-state index >= 15 is 0 Å². The first-order chi connectivity index (χ1) is 7.20. The van der Waals surface area contributed by atoms with Crippen LogP contribution in [0.25, 0.3) is 10.4 Å². The molecule has 0 fully saturated rings. The van der Waals surface area contributed by atoms with Crippen LogP contribution in [0.2, 0.25) is 0 Å². The monoisotopic (exact) mass is 229 g/mol. The maximum atomic E-state index is 9.68. The lowest BCUT2D eigenvalue weighted by Crippen LogP contribution is -2.21. The first-order valence-electron chi connectivity index (χ1n) is 4.24. The predicted molar refractivity (Wildman–Crippen MR) is 55.2 cm³/mol. The number of aliphatic hydroxyl groups excluding tert-OH is 3. The summed E-state index contributed by atoms with van der Waals surface area (Å²) in [6, 6.07) is 1.63. The highest BCUT2D eigenvalue weighted by Gasteiger charge is 2.20. The van der Waals surface area contributed by atoms with E-state index in [1.165, 1.54) is 11.3 Å². The zero-order chi connectivity index (χ0) is 11.3. The molecule has 3 N–H and O–H groups in total. The molecule has 0 amide bonds. The standard InChI is InChI=1S/C8H11N3O3S/c9-11-10-3-6(13)8(14)5-1-2-15-7(5)4-12/h1-2,6,8,12-14H,3-4H2. The molecule has 1 heterocycles. The highest BCUT2D eigenvalue weighted by Crippen LogP contribution is 2.26. The Balaban J connectivity index is 2.74. The molecule has 2 unspecified atom stereocenters. The molecule has 15 heavy (non-hydrogen) atoms. The summed E-state index contributed by atoms with van der Waals surface area (Å²) < 4.78 is 0. The molecule has 0 aliphatic heterocycles. The van der Waals surface area contributed by atoms with Crippen molar-refractivity contribution >= 4 is 11.3 Å². The van der Waals surface area contributed by atoms with Gasteiger partial charge in [0.25, 0.3) is 0 Å². The van der Waals surface area contributed by atoms with E-state index in [4.69, 9.17) is 10.6 Å². The summed E-state index contributed by atoms with van der Waals surface area (Å²) in [4.78, 5) is 3.09. The van der Waals surface area contributed by atoms with E-state index in [1.807, 2.05) is 0 Å². The molecule has 6 nitrogen and oxygen atoms in total. The second-order valence-electron chi connectivity index (χ2n) is 2.88. The van der Waals surface area contributed by atoms with Gasteiger partial charge in [0.05, 0.1) is 19.3 Å². The van der Waals surface area contributed by atoms with Crippen molar-refractivity contribution in [3.8, 4) is 0 Å². The smallest absolute Gasteiger partial charge is 0.106 e. The molecular weight excluding hydrogens is 218 g/mol. The average Bonchev–Trinajstić information content (AvgIpc) is 2.72. The topological polar surface area (TPSA) is 109 Å². The predicted octanol–water partition coefficient (Wildman–Crippen LogP) is 0.945. The van der Waals surface area contributed by atoms with E-state index in [1.54, 1.807) is 11.4 Å². The molecule has 0 aromatic carbocycles. The third kappa shape index (κ3) is 2.92. The minimum absolute atomic E-state index is 0.182. The maximum absolute atomic E-state index is 9.68. The minimum atomic E-state index is -1.15. The van der Waals surface area contributed by atoms with E-state index in [2.05, 4.69) is 10.0 Å². The molecule has 0 radical (unpaired) electrons. The summed E-state index contributed by atoms with van der Waals surface area (Å²) in [5.74, 6) is 0. The van der Waals surface area contributed by atoms with Crippen LogP contribution in [0, 0.1) is 0 Å². The van der Waals surface area contributed by atoms with E-state index < -0.39 is 12.2 Å². The van der Waals surface area contributed by atoms with Crippen LogP contribution in [-0.4, -0.2) is 28.0 Å². The summed E-state index contributed by atoms with van der Waals surface area (Å²) in [7, 11) is 0. The Kier molecular flexibility index (Phi) is 4.54. The highest BCUT2D eigenvalue weighted by atomic mass is 32.1. The fraction of sp³-hybridized carbons (Fsp3) is 0.500. The SMILES string of the molecule is [N-]=[N+]=NCC(O)C(O)c1ccsc1CO. The van der Waals surface area contributed by atoms with Gasteiger partial charge in [0.15, 0.2) is 0 Å². The van der Waals surface area contributed by atoms with Crippen molar-refractivity contribution in [3.63, 3.8) is 0 Å². The quantitative estimate of drug-likeness (QED) is 0.397. The maximum Gasteiger partial charge on any atom is 0.106 e. The van der Waals surface area contributed by atoms with Gasteiger partial charge in [-0.25, -0.2) is 0 Å². The van der Waals surface area contributed by atoms with Gasteiger partial charge in [0, 0.05) is 9.79 Å². The van der Waals surface area contributed by atoms with Crippen molar-refractivity contribution in [2.45, 2.75) is 18.8 Å². The fourth-order valence-electron chi connectivity index (χ4n) is 1.17. The van der Waals surface area contributed by atoms with Crippen LogP contribution in [0.3, 0.4) is 0 Å². The van der Waals surface area contributed by atoms with Crippen LogP contribution < -0.4 is 0 Å². The summed E-state index contributed by atoms with van der Waals surface area (Å²) in [5, 5.41) is 33.0. The van der Waals surface area contributed by atoms with Gasteiger partial charge in [-0.2, -0.15) is 0 Å². The molecule has 7 heteroatoms. The normalized spacial score (nSPS) is 14.3. The van der Waals surface area contributed by atoms with Gasteiger partial charge in [-0.1, -0.05) is 5.11 Å². The molecule has 0 saturated heterocycles. The molecule has 0 bridgehead atoms. The van der Waals surface area contributed by atoms with Gasteiger partial charge in [-0.15, -0.1) is 11.3 Å². The number of thiophene rings is 1. The van der Waals surface area contributed by atoms with Gasteiger partial charge in [0.1, 0.15) is 6.10 Å². The molecule has 82 valence electrons. The first-order valence-corrected chi connectivity index (χ1v) is 5.12. The second kappa shape index (κ2) is 5.69. The Hall–Kier alpha value is -1.11. The van der Waals surface area contributed by atoms with Gasteiger partial charge in [0.2, 0.25) is 0 Å². The number of azide groups is 1. The van der Waals surface area contributed by atoms with Crippen LogP contribution in [0.4, 0.5) is 0 Å². The van der Waals surface area contributed by atoms with Crippen molar-refractivity contribution in [3.05, 3.63) is 32.3 Å². The van der Waals surface area contributed by atoms with E-state index in [9.17, 15) is 10.2 Å². The van der Waals surface area contributed by atoms with E-state index in [-0.39, 0.29) is 13.2 Å². The lowest BCUT2D eigenvalue weighted by molar-refractivity contribution is 0.0236. The fourth-order valence-corrected chi connectivity index (χ4v) is 1.95. The van der Waals surface area contributed by atoms with Crippen molar-refractivity contribution < 1.29 is 15.3 Å². The van der Waals surface area contributed by atoms with Crippen LogP contribution in [0.1, 0.15) is 16.5 Å². The minimum Gasteiger partial charge on any atom is -0.391 e. The van der Waals surface area contributed by atoms with Crippen LogP contribution in [-0.2, 0) is 6.61 Å². The number of nitrogens with zero attached hydrogens (tertiary/aromatic N) is 3. The lowest BCUT2D eigenvalue weighted by Gasteiger charge is -2.15. The summed E-state index contributed by atoms with van der Waals surface area (Å²) in [6.07, 6.45) is -2.29. The molecule has 1 aromatic rings. The molecular formula is C8H11N3O3S. The number of hydrogen-bond acceptors (Lipinski definition) is 5. The van der Waals surface area contributed by atoms with Crippen molar-refractivity contribution in [1.82, 2.24) is 0 Å². The number of aliphatic hydroxyl groups is 3. The van der Waals surface area contributed by atoms with Crippen molar-refractivity contribution in [2.75, 3.05) is 6.54 Å². The Bertz CT molecular complexity index is 362. The zero-order valence-electron chi connectivity index (χ0n) is 7.82. The van der Waals surface area contributed by atoms with Gasteiger partial charge >= 0.3 is 0 Å². The molecule has 1 aromatic heterocycles. The Morgan fingerprint density at radius 3 is 2.87 bits per heavy atom. The lowest BCUT2D eigenvalue weighted by atomic mass is 10.1. The van der Waals surface area contributed by atoms with Crippen molar-refractivity contribution in [1.29, 1.82) is 0 Å². The molecule has 0 aliphatic carbocycles. The molecule has 0 spiro atoms. The van der Waals surface area contributed by atoms with E-state index in [0.29, 0.717) is 10.4 Å². The third-order valence-corrected chi connectivity index (χ3v) is 2.86. The van der Waals surface area contributed by atoms with Crippen LogP contribution >= 0.6 is 11.3 Å². The van der Waals surface area contributed by atoms with E-state index in [0.717, 1.165) is 0 Å². The first kappa shape index (κ1) is 12.0. The molecule has 1 rings (SSSR count). The molecule has 0 saturated carbocycles. The highest BCUT2D eigenvalue weighted by molar-refractivity contribution is 7.10. The van der Waals surface area contributed by atoms with Gasteiger partial charge in [-0.05, 0) is 22.5 Å². The van der Waals surface area contributed by atoms with Gasteiger partial charge in [-0.3, -0.25) is 0 Å².